The number of hydrogen-bond acceptors (Lipinski definition) is 6. The van der Waals surface area contributed by atoms with Gasteiger partial charge in [-0.3, -0.25) is 0 Å². The van der Waals surface area contributed by atoms with Crippen molar-refractivity contribution in [3.05, 3.63) is 86.1 Å². The predicted molar refractivity (Wildman–Crippen MR) is 123 cm³/mol. The summed E-state index contributed by atoms with van der Waals surface area (Å²) in [7, 11) is 0. The molecule has 0 saturated carbocycles. The standard InChI is InChI=1S/C22H19BrN4O2S/c1-2-29-21(28)16-15(13-10-6-7-11-14(13)23)17-19(24)26-22(30)27-20(17)25-18(16)12-8-4-3-5-9-12/h3-11,15H,2H2,1H3,(H4,24,25,26,27,30). The predicted octanol–water partition coefficient (Wildman–Crippen LogP) is 5.02. The minimum Gasteiger partial charge on any atom is -0.463 e. The fraction of sp³-hybridized carbons (Fsp3) is 0.136. The van der Waals surface area contributed by atoms with Gasteiger partial charge in [0.2, 0.25) is 0 Å². The van der Waals surface area contributed by atoms with E-state index in [0.717, 1.165) is 15.6 Å². The molecule has 0 radical (unpaired) electrons. The number of nitrogens with one attached hydrogen (secondary N) is 2. The minimum absolute atomic E-state index is 0.255. The number of nitrogen functional groups attached to an aromatic ring is 1. The molecule has 2 heterocycles. The fourth-order valence-electron chi connectivity index (χ4n) is 3.64. The van der Waals surface area contributed by atoms with Crippen molar-refractivity contribution in [1.29, 1.82) is 0 Å². The highest BCUT2D eigenvalue weighted by Gasteiger charge is 2.38. The van der Waals surface area contributed by atoms with Crippen LogP contribution in [0, 0.1) is 4.77 Å². The second kappa shape index (κ2) is 8.41. The van der Waals surface area contributed by atoms with E-state index >= 15 is 0 Å². The number of nitrogens with two attached hydrogens (primary N) is 1. The van der Waals surface area contributed by atoms with E-state index in [1.54, 1.807) is 6.92 Å². The SMILES string of the molecule is CCOC(=O)C1=C(c2ccccc2)Nc2nc(=S)[nH]c(N)c2C1c1ccccc1Br. The smallest absolute Gasteiger partial charge is 0.337 e. The number of halogens is 1. The number of esters is 1. The lowest BCUT2D eigenvalue weighted by Gasteiger charge is -2.31. The second-order valence-corrected chi connectivity index (χ2v) is 7.91. The zero-order valence-corrected chi connectivity index (χ0v) is 18.5. The number of anilines is 2. The number of ether oxygens (including phenoxy) is 1. The normalized spacial score (nSPS) is 15.3. The van der Waals surface area contributed by atoms with Crippen LogP contribution in [0.15, 0.2) is 64.6 Å². The van der Waals surface area contributed by atoms with Gasteiger partial charge in [0, 0.05) is 10.0 Å². The van der Waals surface area contributed by atoms with Crippen molar-refractivity contribution in [1.82, 2.24) is 9.97 Å². The van der Waals surface area contributed by atoms with Gasteiger partial charge in [-0.1, -0.05) is 64.5 Å². The number of carbonyl (C=O) groups is 1. The van der Waals surface area contributed by atoms with Crippen molar-refractivity contribution in [2.75, 3.05) is 17.7 Å². The molecule has 2 aromatic carbocycles. The third-order valence-electron chi connectivity index (χ3n) is 4.86. The second-order valence-electron chi connectivity index (χ2n) is 6.67. The first kappa shape index (κ1) is 20.3. The maximum Gasteiger partial charge on any atom is 0.337 e. The van der Waals surface area contributed by atoms with Crippen LogP contribution in [0.4, 0.5) is 11.6 Å². The fourth-order valence-corrected chi connectivity index (χ4v) is 4.36. The molecule has 1 unspecified atom stereocenters. The Balaban J connectivity index is 2.08. The average molecular weight is 483 g/mol. The molecule has 1 aliphatic rings. The highest BCUT2D eigenvalue weighted by molar-refractivity contribution is 9.10. The molecule has 6 nitrogen and oxygen atoms in total. The zero-order valence-electron chi connectivity index (χ0n) is 16.1. The molecule has 0 spiro atoms. The molecule has 0 amide bonds. The van der Waals surface area contributed by atoms with Crippen LogP contribution in [0.5, 0.6) is 0 Å². The van der Waals surface area contributed by atoms with E-state index in [-0.39, 0.29) is 11.4 Å². The number of H-pyrrole nitrogens is 1. The first-order valence-electron chi connectivity index (χ1n) is 9.39. The minimum atomic E-state index is -0.509. The van der Waals surface area contributed by atoms with Crippen molar-refractivity contribution in [3.63, 3.8) is 0 Å². The third kappa shape index (κ3) is 3.64. The van der Waals surface area contributed by atoms with Gasteiger partial charge in [-0.2, -0.15) is 0 Å². The summed E-state index contributed by atoms with van der Waals surface area (Å²) in [5.74, 6) is -0.0568. The quantitative estimate of drug-likeness (QED) is 0.357. The summed E-state index contributed by atoms with van der Waals surface area (Å²) in [6.45, 7) is 2.04. The number of fused-ring (bicyclic) bond motifs is 1. The number of aromatic amines is 1. The Morgan fingerprint density at radius 2 is 1.90 bits per heavy atom. The Hall–Kier alpha value is -2.97. The van der Waals surface area contributed by atoms with E-state index in [4.69, 9.17) is 22.7 Å². The lowest BCUT2D eigenvalue weighted by Crippen LogP contribution is -2.27. The van der Waals surface area contributed by atoms with Crippen LogP contribution < -0.4 is 11.1 Å². The van der Waals surface area contributed by atoms with Gasteiger partial charge in [-0.15, -0.1) is 0 Å². The molecule has 30 heavy (non-hydrogen) atoms. The number of benzene rings is 2. The molecule has 3 aromatic rings. The van der Waals surface area contributed by atoms with E-state index in [1.165, 1.54) is 0 Å². The molecule has 8 heteroatoms. The third-order valence-corrected chi connectivity index (χ3v) is 5.78. The highest BCUT2D eigenvalue weighted by Crippen LogP contribution is 2.47. The van der Waals surface area contributed by atoms with Gasteiger partial charge >= 0.3 is 5.97 Å². The van der Waals surface area contributed by atoms with E-state index in [0.29, 0.717) is 28.5 Å². The average Bonchev–Trinajstić information content (AvgIpc) is 2.73. The van der Waals surface area contributed by atoms with Gasteiger partial charge in [-0.25, -0.2) is 9.78 Å². The molecule has 4 rings (SSSR count). The Morgan fingerprint density at radius 1 is 1.20 bits per heavy atom. The monoisotopic (exact) mass is 482 g/mol. The summed E-state index contributed by atoms with van der Waals surface area (Å²) in [6, 6.07) is 17.3. The van der Waals surface area contributed by atoms with Crippen LogP contribution in [-0.4, -0.2) is 22.5 Å². The molecule has 4 N–H and O–H groups in total. The van der Waals surface area contributed by atoms with Gasteiger partial charge in [0.05, 0.1) is 23.8 Å². The first-order chi connectivity index (χ1) is 14.5. The number of rotatable bonds is 4. The molecule has 1 aliphatic heterocycles. The van der Waals surface area contributed by atoms with E-state index in [2.05, 4.69) is 31.2 Å². The summed E-state index contributed by atoms with van der Waals surface area (Å²) in [5.41, 5.74) is 9.79. The maximum atomic E-state index is 13.2. The molecular weight excluding hydrogens is 464 g/mol. The van der Waals surface area contributed by atoms with Gasteiger partial charge in [0.1, 0.15) is 11.6 Å². The van der Waals surface area contributed by atoms with E-state index < -0.39 is 11.9 Å². The Morgan fingerprint density at radius 3 is 2.60 bits per heavy atom. The summed E-state index contributed by atoms with van der Waals surface area (Å²) < 4.78 is 6.57. The van der Waals surface area contributed by atoms with Gasteiger partial charge < -0.3 is 20.8 Å². The zero-order chi connectivity index (χ0) is 21.3. The molecule has 0 saturated heterocycles. The van der Waals surface area contributed by atoms with Gasteiger partial charge in [0.25, 0.3) is 0 Å². The first-order valence-corrected chi connectivity index (χ1v) is 10.6. The van der Waals surface area contributed by atoms with Crippen LogP contribution in [0.25, 0.3) is 5.70 Å². The van der Waals surface area contributed by atoms with Crippen molar-refractivity contribution >= 4 is 51.4 Å². The van der Waals surface area contributed by atoms with Gasteiger partial charge in [0.15, 0.2) is 4.77 Å². The molecule has 152 valence electrons. The summed E-state index contributed by atoms with van der Waals surface area (Å²) in [6.07, 6.45) is 0. The van der Waals surface area contributed by atoms with Crippen molar-refractivity contribution in [3.8, 4) is 0 Å². The van der Waals surface area contributed by atoms with Crippen molar-refractivity contribution < 1.29 is 9.53 Å². The molecule has 1 atom stereocenters. The van der Waals surface area contributed by atoms with Crippen LogP contribution in [0.1, 0.15) is 29.5 Å². The number of carbonyl (C=O) groups excluding carboxylic acids is 1. The molecule has 0 aliphatic carbocycles. The number of aromatic nitrogens is 2. The van der Waals surface area contributed by atoms with Crippen molar-refractivity contribution in [2.24, 2.45) is 0 Å². The summed E-state index contributed by atoms with van der Waals surface area (Å²) in [4.78, 5) is 20.6. The Bertz CT molecular complexity index is 1210. The Labute approximate surface area is 187 Å². The van der Waals surface area contributed by atoms with E-state index in [1.807, 2.05) is 54.6 Å². The molecule has 0 bridgehead atoms. The molecular formula is C22H19BrN4O2S. The summed E-state index contributed by atoms with van der Waals surface area (Å²) in [5, 5.41) is 3.29. The molecule has 1 aromatic heterocycles. The van der Waals surface area contributed by atoms with Crippen LogP contribution in [-0.2, 0) is 9.53 Å². The van der Waals surface area contributed by atoms with Crippen LogP contribution in [0.2, 0.25) is 0 Å². The topological polar surface area (TPSA) is 93.0 Å². The van der Waals surface area contributed by atoms with Crippen molar-refractivity contribution in [2.45, 2.75) is 12.8 Å². The number of nitrogens with zero attached hydrogens (tertiary/aromatic N) is 1. The molecule has 0 fully saturated rings. The summed E-state index contributed by atoms with van der Waals surface area (Å²) >= 11 is 8.87. The largest absolute Gasteiger partial charge is 0.463 e. The lowest BCUT2D eigenvalue weighted by molar-refractivity contribution is -0.138. The Kier molecular flexibility index (Phi) is 5.69. The van der Waals surface area contributed by atoms with Crippen LogP contribution >= 0.6 is 28.1 Å². The van der Waals surface area contributed by atoms with E-state index in [9.17, 15) is 4.79 Å². The lowest BCUT2D eigenvalue weighted by atomic mass is 9.80. The van der Waals surface area contributed by atoms with Crippen LogP contribution in [0.3, 0.4) is 0 Å². The maximum absolute atomic E-state index is 13.2. The highest BCUT2D eigenvalue weighted by atomic mass is 79.9. The van der Waals surface area contributed by atoms with Gasteiger partial charge in [-0.05, 0) is 36.3 Å². The number of hydrogen-bond donors (Lipinski definition) is 3.